The predicted molar refractivity (Wildman–Crippen MR) is 113 cm³/mol. The summed E-state index contributed by atoms with van der Waals surface area (Å²) < 4.78 is 16.6. The molecule has 5 rings (SSSR count). The molecule has 2 aliphatic rings. The quantitative estimate of drug-likeness (QED) is 0.588. The van der Waals surface area contributed by atoms with Crippen molar-refractivity contribution in [2.24, 2.45) is 17.8 Å². The molecule has 2 aliphatic carbocycles. The van der Waals surface area contributed by atoms with E-state index in [1.807, 2.05) is 30.3 Å². The minimum absolute atomic E-state index is 0.289. The van der Waals surface area contributed by atoms with Crippen LogP contribution in [0, 0.1) is 17.8 Å². The van der Waals surface area contributed by atoms with Gasteiger partial charge in [0.2, 0.25) is 0 Å². The van der Waals surface area contributed by atoms with Crippen LogP contribution in [0.25, 0.3) is 21.9 Å². The molecule has 0 spiro atoms. The average molecular weight is 407 g/mol. The van der Waals surface area contributed by atoms with Gasteiger partial charge in [0.25, 0.3) is 5.91 Å². The molecule has 1 N–H and O–H groups in total. The van der Waals surface area contributed by atoms with Gasteiger partial charge >= 0.3 is 5.97 Å². The number of para-hydroxylation sites is 1. The number of ether oxygens (including phenoxy) is 2. The normalized spacial score (nSPS) is 22.5. The van der Waals surface area contributed by atoms with Crippen LogP contribution >= 0.6 is 0 Å². The first-order valence-corrected chi connectivity index (χ1v) is 10.6. The van der Waals surface area contributed by atoms with Crippen LogP contribution in [-0.2, 0) is 14.3 Å². The van der Waals surface area contributed by atoms with Crippen LogP contribution in [0.4, 0.5) is 5.69 Å². The van der Waals surface area contributed by atoms with Gasteiger partial charge in [-0.1, -0.05) is 24.6 Å². The van der Waals surface area contributed by atoms with Crippen molar-refractivity contribution in [3.05, 3.63) is 36.4 Å². The Morgan fingerprint density at radius 3 is 2.73 bits per heavy atom. The molecule has 6 heteroatoms. The van der Waals surface area contributed by atoms with Crippen LogP contribution in [0.3, 0.4) is 0 Å². The van der Waals surface area contributed by atoms with Gasteiger partial charge in [-0.25, -0.2) is 0 Å². The number of anilines is 1. The van der Waals surface area contributed by atoms with Gasteiger partial charge in [-0.15, -0.1) is 0 Å². The summed E-state index contributed by atoms with van der Waals surface area (Å²) in [4.78, 5) is 24.6. The summed E-state index contributed by atoms with van der Waals surface area (Å²) in [5.41, 5.74) is 1.91. The molecule has 6 nitrogen and oxygen atoms in total. The molecule has 156 valence electrons. The number of amides is 1. The Bertz CT molecular complexity index is 1120. The molecule has 3 atom stereocenters. The van der Waals surface area contributed by atoms with E-state index in [4.69, 9.17) is 13.9 Å². The number of carbonyl (C=O) groups is 2. The fourth-order valence-electron chi connectivity index (χ4n) is 5.25. The summed E-state index contributed by atoms with van der Waals surface area (Å²) in [7, 11) is 1.55. The Labute approximate surface area is 174 Å². The lowest BCUT2D eigenvalue weighted by Gasteiger charge is -2.20. The van der Waals surface area contributed by atoms with Crippen molar-refractivity contribution in [1.82, 2.24) is 0 Å². The highest BCUT2D eigenvalue weighted by Gasteiger charge is 2.40. The first-order chi connectivity index (χ1) is 14.6. The van der Waals surface area contributed by atoms with Gasteiger partial charge in [0, 0.05) is 23.3 Å². The zero-order chi connectivity index (χ0) is 20.7. The summed E-state index contributed by atoms with van der Waals surface area (Å²) in [6.07, 6.45) is 5.33. The Kier molecular flexibility index (Phi) is 4.85. The van der Waals surface area contributed by atoms with Crippen LogP contribution < -0.4 is 10.1 Å². The fraction of sp³-hybridized carbons (Fsp3) is 0.417. The third kappa shape index (κ3) is 3.51. The van der Waals surface area contributed by atoms with Gasteiger partial charge < -0.3 is 19.2 Å². The Balaban J connectivity index is 1.23. The Morgan fingerprint density at radius 1 is 1.10 bits per heavy atom. The maximum absolute atomic E-state index is 12.4. The lowest BCUT2D eigenvalue weighted by atomic mass is 9.86. The van der Waals surface area contributed by atoms with Gasteiger partial charge in [-0.3, -0.25) is 9.59 Å². The molecule has 0 radical (unpaired) electrons. The molecule has 2 bridgehead atoms. The van der Waals surface area contributed by atoms with Gasteiger partial charge in [-0.2, -0.15) is 0 Å². The van der Waals surface area contributed by atoms with Crippen molar-refractivity contribution < 1.29 is 23.5 Å². The Morgan fingerprint density at radius 2 is 1.97 bits per heavy atom. The van der Waals surface area contributed by atoms with E-state index in [1.54, 1.807) is 13.2 Å². The zero-order valence-corrected chi connectivity index (χ0v) is 17.0. The highest BCUT2D eigenvalue weighted by atomic mass is 16.5. The van der Waals surface area contributed by atoms with Gasteiger partial charge in [-0.05, 0) is 49.1 Å². The van der Waals surface area contributed by atoms with Crippen LogP contribution in [0.2, 0.25) is 0 Å². The number of carbonyl (C=O) groups excluding carboxylic acids is 2. The maximum atomic E-state index is 12.4. The van der Waals surface area contributed by atoms with Crippen LogP contribution in [-0.4, -0.2) is 25.6 Å². The summed E-state index contributed by atoms with van der Waals surface area (Å²) >= 11 is 0. The van der Waals surface area contributed by atoms with E-state index in [0.29, 0.717) is 35.3 Å². The standard InChI is InChI=1S/C24H25NO5/c1-28-22-11-18-17-4-2-3-5-20(17)30-21(18)12-19(22)25-23(26)13-29-24(27)10-16-9-14-6-7-15(16)8-14/h2-5,11-12,14-16H,6-10,13H2,1H3,(H,25,26)/t14-,15+,16-/m0/s1. The molecule has 3 aromatic rings. The Hall–Kier alpha value is -3.02. The molecular weight excluding hydrogens is 382 g/mol. The lowest BCUT2D eigenvalue weighted by Crippen LogP contribution is -2.23. The summed E-state index contributed by atoms with van der Waals surface area (Å²) in [6, 6.07) is 11.3. The fourth-order valence-corrected chi connectivity index (χ4v) is 5.25. The van der Waals surface area contributed by atoms with Crippen molar-refractivity contribution in [3.8, 4) is 5.75 Å². The second-order valence-corrected chi connectivity index (χ2v) is 8.49. The number of benzene rings is 2. The molecule has 2 fully saturated rings. The van der Waals surface area contributed by atoms with Gasteiger partial charge in [0.1, 0.15) is 16.9 Å². The zero-order valence-electron chi connectivity index (χ0n) is 17.0. The number of esters is 1. The second-order valence-electron chi connectivity index (χ2n) is 8.49. The largest absolute Gasteiger partial charge is 0.495 e. The number of nitrogens with one attached hydrogen (secondary N) is 1. The van der Waals surface area contributed by atoms with E-state index < -0.39 is 5.91 Å². The van der Waals surface area contributed by atoms with Crippen molar-refractivity contribution >= 4 is 39.5 Å². The first-order valence-electron chi connectivity index (χ1n) is 10.6. The highest BCUT2D eigenvalue weighted by Crippen LogP contribution is 2.49. The number of methoxy groups -OCH3 is 1. The summed E-state index contributed by atoms with van der Waals surface area (Å²) in [5.74, 6) is 1.71. The molecule has 0 unspecified atom stereocenters. The number of hydrogen-bond donors (Lipinski definition) is 1. The maximum Gasteiger partial charge on any atom is 0.306 e. The minimum Gasteiger partial charge on any atom is -0.495 e. The summed E-state index contributed by atoms with van der Waals surface area (Å²) in [5, 5.41) is 4.67. The molecule has 2 saturated carbocycles. The third-order valence-electron chi connectivity index (χ3n) is 6.65. The van der Waals surface area contributed by atoms with Crippen molar-refractivity contribution in [2.75, 3.05) is 19.0 Å². The average Bonchev–Trinajstić information content (AvgIpc) is 3.45. The summed E-state index contributed by atoms with van der Waals surface area (Å²) in [6.45, 7) is -0.305. The molecule has 30 heavy (non-hydrogen) atoms. The highest BCUT2D eigenvalue weighted by molar-refractivity contribution is 6.07. The van der Waals surface area contributed by atoms with Gasteiger partial charge in [0.15, 0.2) is 6.61 Å². The number of rotatable bonds is 6. The topological polar surface area (TPSA) is 77.8 Å². The SMILES string of the molecule is COc1cc2c(cc1NC(=O)COC(=O)C[C@@H]1C[C@H]3CC[C@@H]1C3)oc1ccccc12. The van der Waals surface area contributed by atoms with Crippen LogP contribution in [0.5, 0.6) is 5.75 Å². The molecule has 1 amide bonds. The minimum atomic E-state index is -0.398. The monoisotopic (exact) mass is 407 g/mol. The molecule has 1 aromatic heterocycles. The molecule has 1 heterocycles. The molecular formula is C24H25NO5. The van der Waals surface area contributed by atoms with Crippen molar-refractivity contribution in [1.29, 1.82) is 0 Å². The second kappa shape index (κ2) is 7.67. The van der Waals surface area contributed by atoms with E-state index >= 15 is 0 Å². The number of fused-ring (bicyclic) bond motifs is 5. The van der Waals surface area contributed by atoms with Crippen LogP contribution in [0.15, 0.2) is 40.8 Å². The smallest absolute Gasteiger partial charge is 0.306 e. The predicted octanol–water partition coefficient (Wildman–Crippen LogP) is 4.90. The van der Waals surface area contributed by atoms with Crippen LogP contribution in [0.1, 0.15) is 32.1 Å². The van der Waals surface area contributed by atoms with Crippen molar-refractivity contribution in [2.45, 2.75) is 32.1 Å². The van der Waals surface area contributed by atoms with Gasteiger partial charge in [0.05, 0.1) is 12.8 Å². The first kappa shape index (κ1) is 19.0. The van der Waals surface area contributed by atoms with E-state index in [2.05, 4.69) is 5.32 Å². The number of hydrogen-bond acceptors (Lipinski definition) is 5. The van der Waals surface area contributed by atoms with E-state index in [1.165, 1.54) is 19.3 Å². The van der Waals surface area contributed by atoms with Crippen molar-refractivity contribution in [3.63, 3.8) is 0 Å². The van der Waals surface area contributed by atoms with E-state index in [0.717, 1.165) is 28.7 Å². The van der Waals surface area contributed by atoms with E-state index in [-0.39, 0.29) is 12.6 Å². The molecule has 2 aromatic carbocycles. The number of furan rings is 1. The molecule has 0 aliphatic heterocycles. The third-order valence-corrected chi connectivity index (χ3v) is 6.65. The lowest BCUT2D eigenvalue weighted by molar-refractivity contribution is -0.148. The molecule has 0 saturated heterocycles. The van der Waals surface area contributed by atoms with E-state index in [9.17, 15) is 9.59 Å².